The SMILES string of the molecule is CC[C@H](C)[C@H](NC(=O)OCC1c2ccccc2-c2ccccc21)C(=O)N(C)[C@H](C(=O)N(C)CC(=O)O)C(C)C. The fourth-order valence-corrected chi connectivity index (χ4v) is 5.21. The van der Waals surface area contributed by atoms with E-state index in [-0.39, 0.29) is 24.4 Å². The number of amides is 3. The summed E-state index contributed by atoms with van der Waals surface area (Å²) in [4.78, 5) is 53.2. The lowest BCUT2D eigenvalue weighted by molar-refractivity contribution is -0.150. The van der Waals surface area contributed by atoms with E-state index < -0.39 is 42.5 Å². The van der Waals surface area contributed by atoms with E-state index in [2.05, 4.69) is 17.4 Å². The third kappa shape index (κ3) is 6.58. The molecule has 3 rings (SSSR count). The Morgan fingerprint density at radius 3 is 1.95 bits per heavy atom. The minimum atomic E-state index is -1.14. The molecule has 0 spiro atoms. The Bertz CT molecular complexity index is 1170. The Kier molecular flexibility index (Phi) is 9.72. The number of ether oxygens (including phenoxy) is 1. The van der Waals surface area contributed by atoms with Crippen LogP contribution in [0.5, 0.6) is 0 Å². The first-order chi connectivity index (χ1) is 18.5. The van der Waals surface area contributed by atoms with Gasteiger partial charge in [0.2, 0.25) is 11.8 Å². The third-order valence-corrected chi connectivity index (χ3v) is 7.49. The summed E-state index contributed by atoms with van der Waals surface area (Å²) in [5.41, 5.74) is 4.41. The van der Waals surface area contributed by atoms with Gasteiger partial charge < -0.3 is 25.0 Å². The van der Waals surface area contributed by atoms with E-state index in [9.17, 15) is 19.2 Å². The highest BCUT2D eigenvalue weighted by atomic mass is 16.5. The van der Waals surface area contributed by atoms with Crippen molar-refractivity contribution < 1.29 is 29.0 Å². The van der Waals surface area contributed by atoms with Crippen molar-refractivity contribution in [1.82, 2.24) is 15.1 Å². The molecule has 2 aromatic rings. The molecule has 1 aliphatic rings. The normalized spacial score (nSPS) is 14.5. The summed E-state index contributed by atoms with van der Waals surface area (Å²) >= 11 is 0. The molecule has 0 saturated heterocycles. The van der Waals surface area contributed by atoms with Gasteiger partial charge in [0.1, 0.15) is 25.2 Å². The smallest absolute Gasteiger partial charge is 0.407 e. The Labute approximate surface area is 230 Å². The molecule has 0 saturated carbocycles. The van der Waals surface area contributed by atoms with Gasteiger partial charge in [-0.15, -0.1) is 0 Å². The molecule has 1 aliphatic carbocycles. The van der Waals surface area contributed by atoms with Crippen molar-refractivity contribution in [3.8, 4) is 11.1 Å². The van der Waals surface area contributed by atoms with Gasteiger partial charge in [-0.25, -0.2) is 4.79 Å². The molecule has 0 bridgehead atoms. The average molecular weight is 538 g/mol. The van der Waals surface area contributed by atoms with Crippen LogP contribution in [0, 0.1) is 11.8 Å². The summed E-state index contributed by atoms with van der Waals surface area (Å²) in [5, 5.41) is 11.8. The Morgan fingerprint density at radius 2 is 1.46 bits per heavy atom. The van der Waals surface area contributed by atoms with Gasteiger partial charge in [0.25, 0.3) is 0 Å². The topological polar surface area (TPSA) is 116 Å². The molecule has 3 amide bonds. The van der Waals surface area contributed by atoms with E-state index in [0.717, 1.165) is 27.2 Å². The zero-order valence-electron chi connectivity index (χ0n) is 23.5. The number of rotatable bonds is 11. The van der Waals surface area contributed by atoms with Gasteiger partial charge in [0.15, 0.2) is 0 Å². The second kappa shape index (κ2) is 12.8. The Hall–Kier alpha value is -3.88. The van der Waals surface area contributed by atoms with E-state index >= 15 is 0 Å². The highest BCUT2D eigenvalue weighted by Crippen LogP contribution is 2.44. The predicted octanol–water partition coefficient (Wildman–Crippen LogP) is 3.97. The van der Waals surface area contributed by atoms with Crippen LogP contribution in [0.2, 0.25) is 0 Å². The monoisotopic (exact) mass is 537 g/mol. The average Bonchev–Trinajstić information content (AvgIpc) is 3.22. The van der Waals surface area contributed by atoms with Crippen LogP contribution in [0.25, 0.3) is 11.1 Å². The number of carbonyl (C=O) groups is 4. The molecule has 9 heteroatoms. The second-order valence-electron chi connectivity index (χ2n) is 10.6. The minimum absolute atomic E-state index is 0.115. The van der Waals surface area contributed by atoms with Gasteiger partial charge in [-0.05, 0) is 34.1 Å². The summed E-state index contributed by atoms with van der Waals surface area (Å²) < 4.78 is 5.67. The van der Waals surface area contributed by atoms with Crippen molar-refractivity contribution in [2.24, 2.45) is 11.8 Å². The van der Waals surface area contributed by atoms with Crippen molar-refractivity contribution in [2.75, 3.05) is 27.2 Å². The van der Waals surface area contributed by atoms with Crippen LogP contribution in [0.15, 0.2) is 48.5 Å². The second-order valence-corrected chi connectivity index (χ2v) is 10.6. The third-order valence-electron chi connectivity index (χ3n) is 7.49. The molecule has 0 aromatic heterocycles. The number of carboxylic acids is 1. The zero-order valence-corrected chi connectivity index (χ0v) is 23.5. The highest BCUT2D eigenvalue weighted by molar-refractivity contribution is 5.92. The molecule has 0 heterocycles. The van der Waals surface area contributed by atoms with E-state index in [1.165, 1.54) is 19.0 Å². The number of benzene rings is 2. The molecule has 0 radical (unpaired) electrons. The van der Waals surface area contributed by atoms with E-state index in [1.54, 1.807) is 13.8 Å². The largest absolute Gasteiger partial charge is 0.480 e. The molecule has 2 aromatic carbocycles. The van der Waals surface area contributed by atoms with Gasteiger partial charge in [-0.3, -0.25) is 14.4 Å². The fraction of sp³-hybridized carbons (Fsp3) is 0.467. The van der Waals surface area contributed by atoms with Crippen molar-refractivity contribution in [3.05, 3.63) is 59.7 Å². The van der Waals surface area contributed by atoms with Gasteiger partial charge in [-0.1, -0.05) is 82.6 Å². The van der Waals surface area contributed by atoms with Crippen LogP contribution in [0.1, 0.15) is 51.2 Å². The minimum Gasteiger partial charge on any atom is -0.480 e. The number of nitrogens with one attached hydrogen (secondary N) is 1. The molecule has 9 nitrogen and oxygen atoms in total. The number of fused-ring (bicyclic) bond motifs is 3. The number of nitrogens with zero attached hydrogens (tertiary/aromatic N) is 2. The maximum atomic E-state index is 13.6. The molecule has 0 fully saturated rings. The van der Waals surface area contributed by atoms with Crippen LogP contribution in [-0.2, 0) is 19.1 Å². The maximum absolute atomic E-state index is 13.6. The molecular weight excluding hydrogens is 498 g/mol. The number of hydrogen-bond acceptors (Lipinski definition) is 5. The van der Waals surface area contributed by atoms with Gasteiger partial charge in [0.05, 0.1) is 0 Å². The predicted molar refractivity (Wildman–Crippen MR) is 148 cm³/mol. The van der Waals surface area contributed by atoms with E-state index in [1.807, 2.05) is 50.2 Å². The quantitative estimate of drug-likeness (QED) is 0.448. The van der Waals surface area contributed by atoms with Crippen molar-refractivity contribution in [1.29, 1.82) is 0 Å². The number of likely N-dealkylation sites (N-methyl/N-ethyl adjacent to an activating group) is 2. The standard InChI is InChI=1S/C30H39N3O6/c1-7-19(4)26(28(36)33(6)27(18(2)3)29(37)32(5)16-25(34)35)31-30(38)39-17-24-22-14-10-8-12-20(22)21-13-9-11-15-23(21)24/h8-15,18-19,24,26-27H,7,16-17H2,1-6H3,(H,31,38)(H,34,35)/t19-,26-,27-/m0/s1. The van der Waals surface area contributed by atoms with Crippen LogP contribution >= 0.6 is 0 Å². The number of alkyl carbamates (subject to hydrolysis) is 1. The maximum Gasteiger partial charge on any atom is 0.407 e. The molecule has 39 heavy (non-hydrogen) atoms. The summed E-state index contributed by atoms with van der Waals surface area (Å²) in [6, 6.07) is 14.3. The van der Waals surface area contributed by atoms with Gasteiger partial charge >= 0.3 is 12.1 Å². The lowest BCUT2D eigenvalue weighted by atomic mass is 9.95. The van der Waals surface area contributed by atoms with E-state index in [4.69, 9.17) is 9.84 Å². The lowest BCUT2D eigenvalue weighted by Crippen LogP contribution is -2.58. The van der Waals surface area contributed by atoms with Crippen LogP contribution in [0.4, 0.5) is 4.79 Å². The Balaban J connectivity index is 1.74. The Morgan fingerprint density at radius 1 is 0.923 bits per heavy atom. The fourth-order valence-electron chi connectivity index (χ4n) is 5.21. The summed E-state index contributed by atoms with van der Waals surface area (Å²) in [6.07, 6.45) is -0.105. The highest BCUT2D eigenvalue weighted by Gasteiger charge is 2.38. The summed E-state index contributed by atoms with van der Waals surface area (Å²) in [7, 11) is 2.90. The van der Waals surface area contributed by atoms with Crippen molar-refractivity contribution >= 4 is 23.9 Å². The van der Waals surface area contributed by atoms with Crippen LogP contribution in [0.3, 0.4) is 0 Å². The molecule has 0 unspecified atom stereocenters. The van der Waals surface area contributed by atoms with Gasteiger partial charge in [-0.2, -0.15) is 0 Å². The number of hydrogen-bond donors (Lipinski definition) is 2. The molecule has 0 aliphatic heterocycles. The number of carbonyl (C=O) groups excluding carboxylic acids is 3. The van der Waals surface area contributed by atoms with E-state index in [0.29, 0.717) is 6.42 Å². The summed E-state index contributed by atoms with van der Waals surface area (Å²) in [5.74, 6) is -2.69. The lowest BCUT2D eigenvalue weighted by Gasteiger charge is -2.36. The molecule has 3 atom stereocenters. The van der Waals surface area contributed by atoms with Crippen molar-refractivity contribution in [3.63, 3.8) is 0 Å². The van der Waals surface area contributed by atoms with Crippen molar-refractivity contribution in [2.45, 2.75) is 52.1 Å². The van der Waals surface area contributed by atoms with Gasteiger partial charge in [0, 0.05) is 20.0 Å². The first kappa shape index (κ1) is 29.7. The molecular formula is C30H39N3O6. The summed E-state index contributed by atoms with van der Waals surface area (Å²) in [6.45, 7) is 6.98. The molecule has 2 N–H and O–H groups in total. The zero-order chi connectivity index (χ0) is 28.9. The number of carboxylic acid groups (broad SMARTS) is 1. The van der Waals surface area contributed by atoms with Crippen LogP contribution in [-0.4, -0.2) is 78.1 Å². The molecule has 210 valence electrons. The number of aliphatic carboxylic acids is 1. The first-order valence-corrected chi connectivity index (χ1v) is 13.3. The first-order valence-electron chi connectivity index (χ1n) is 13.3. The van der Waals surface area contributed by atoms with Crippen LogP contribution < -0.4 is 5.32 Å².